The van der Waals surface area contributed by atoms with Crippen molar-refractivity contribution in [3.8, 4) is 5.75 Å². The number of benzene rings is 1. The van der Waals surface area contributed by atoms with Crippen LogP contribution in [0.15, 0.2) is 23.1 Å². The van der Waals surface area contributed by atoms with Crippen molar-refractivity contribution in [2.24, 2.45) is 0 Å². The summed E-state index contributed by atoms with van der Waals surface area (Å²) >= 11 is 0. The maximum atomic E-state index is 12.8. The summed E-state index contributed by atoms with van der Waals surface area (Å²) < 4.78 is 32.1. The minimum absolute atomic E-state index is 0.00560. The molecule has 22 heavy (non-hydrogen) atoms. The SMILES string of the molecule is CC[C@H]1CCCCN1S(=O)(=O)c1ccc(OC)c(C(=O)O)c1. The molecule has 1 N–H and O–H groups in total. The van der Waals surface area contributed by atoms with Crippen LogP contribution in [0.5, 0.6) is 5.75 Å². The van der Waals surface area contributed by atoms with Crippen LogP contribution in [0.1, 0.15) is 43.0 Å². The van der Waals surface area contributed by atoms with Crippen LogP contribution >= 0.6 is 0 Å². The summed E-state index contributed by atoms with van der Waals surface area (Å²) in [5.41, 5.74) is -0.145. The maximum absolute atomic E-state index is 12.8. The molecule has 122 valence electrons. The number of hydrogen-bond acceptors (Lipinski definition) is 4. The Morgan fingerprint density at radius 1 is 1.41 bits per heavy atom. The van der Waals surface area contributed by atoms with E-state index in [9.17, 15) is 18.3 Å². The van der Waals surface area contributed by atoms with Crippen LogP contribution in [-0.4, -0.2) is 43.5 Å². The van der Waals surface area contributed by atoms with E-state index in [0.29, 0.717) is 6.54 Å². The molecule has 0 spiro atoms. The van der Waals surface area contributed by atoms with Gasteiger partial charge in [-0.1, -0.05) is 13.3 Å². The number of methoxy groups -OCH3 is 1. The van der Waals surface area contributed by atoms with E-state index in [2.05, 4.69) is 0 Å². The molecule has 7 heteroatoms. The smallest absolute Gasteiger partial charge is 0.339 e. The second-order valence-electron chi connectivity index (χ2n) is 5.34. The predicted octanol–water partition coefficient (Wildman–Crippen LogP) is 2.35. The first-order valence-electron chi connectivity index (χ1n) is 7.35. The van der Waals surface area contributed by atoms with Crippen molar-refractivity contribution in [3.05, 3.63) is 23.8 Å². The number of ether oxygens (including phenoxy) is 1. The number of carboxylic acids is 1. The summed E-state index contributed by atoms with van der Waals surface area (Å²) in [7, 11) is -2.34. The fourth-order valence-corrected chi connectivity index (χ4v) is 4.64. The molecule has 1 fully saturated rings. The number of aromatic carboxylic acids is 1. The number of nitrogens with zero attached hydrogens (tertiary/aromatic N) is 1. The van der Waals surface area contributed by atoms with Crippen molar-refractivity contribution in [2.75, 3.05) is 13.7 Å². The van der Waals surface area contributed by atoms with Crippen molar-refractivity contribution >= 4 is 16.0 Å². The predicted molar refractivity (Wildman–Crippen MR) is 81.8 cm³/mol. The Kier molecular flexibility index (Phi) is 5.08. The maximum Gasteiger partial charge on any atom is 0.339 e. The molecule has 1 heterocycles. The molecular weight excluding hydrogens is 306 g/mol. The number of carboxylic acid groups (broad SMARTS) is 1. The van der Waals surface area contributed by atoms with Gasteiger partial charge in [-0.05, 0) is 37.5 Å². The molecule has 1 aliphatic heterocycles. The molecule has 0 aliphatic carbocycles. The van der Waals surface area contributed by atoms with Gasteiger partial charge in [0, 0.05) is 12.6 Å². The van der Waals surface area contributed by atoms with E-state index in [1.54, 1.807) is 0 Å². The monoisotopic (exact) mass is 327 g/mol. The summed E-state index contributed by atoms with van der Waals surface area (Å²) in [6.45, 7) is 2.45. The van der Waals surface area contributed by atoms with Crippen LogP contribution in [0.4, 0.5) is 0 Å². The molecule has 0 aromatic heterocycles. The van der Waals surface area contributed by atoms with Gasteiger partial charge in [0.15, 0.2) is 0 Å². The van der Waals surface area contributed by atoms with Crippen LogP contribution < -0.4 is 4.74 Å². The van der Waals surface area contributed by atoms with Gasteiger partial charge in [0.2, 0.25) is 10.0 Å². The van der Waals surface area contributed by atoms with E-state index < -0.39 is 16.0 Å². The van der Waals surface area contributed by atoms with Crippen LogP contribution in [0.25, 0.3) is 0 Å². The zero-order valence-corrected chi connectivity index (χ0v) is 13.6. The van der Waals surface area contributed by atoms with E-state index in [0.717, 1.165) is 25.7 Å². The molecule has 0 radical (unpaired) electrons. The normalized spacial score (nSPS) is 19.8. The fourth-order valence-electron chi connectivity index (χ4n) is 2.85. The van der Waals surface area contributed by atoms with Gasteiger partial charge in [-0.2, -0.15) is 4.31 Å². The van der Waals surface area contributed by atoms with Crippen molar-refractivity contribution in [3.63, 3.8) is 0 Å². The third-order valence-electron chi connectivity index (χ3n) is 4.05. The average Bonchev–Trinajstić information content (AvgIpc) is 2.53. The minimum Gasteiger partial charge on any atom is -0.496 e. The standard InChI is InChI=1S/C15H21NO5S/c1-3-11-6-4-5-9-16(11)22(19,20)12-7-8-14(21-2)13(10-12)15(17)18/h7-8,10-11H,3-6,9H2,1-2H3,(H,17,18)/t11-/m0/s1. The highest BCUT2D eigenvalue weighted by atomic mass is 32.2. The lowest BCUT2D eigenvalue weighted by Crippen LogP contribution is -2.43. The van der Waals surface area contributed by atoms with Crippen molar-refractivity contribution in [1.82, 2.24) is 4.31 Å². The third-order valence-corrected chi connectivity index (χ3v) is 6.00. The summed E-state index contributed by atoms with van der Waals surface area (Å²) in [5, 5.41) is 9.21. The van der Waals surface area contributed by atoms with Crippen LogP contribution in [-0.2, 0) is 10.0 Å². The van der Waals surface area contributed by atoms with Crippen LogP contribution in [0, 0.1) is 0 Å². The molecule has 1 atom stereocenters. The molecule has 1 aromatic carbocycles. The average molecular weight is 327 g/mol. The van der Waals surface area contributed by atoms with E-state index in [-0.39, 0.29) is 22.3 Å². The van der Waals surface area contributed by atoms with E-state index in [1.165, 1.54) is 29.6 Å². The van der Waals surface area contributed by atoms with Crippen molar-refractivity contribution in [1.29, 1.82) is 0 Å². The minimum atomic E-state index is -3.69. The highest BCUT2D eigenvalue weighted by Gasteiger charge is 2.33. The second kappa shape index (κ2) is 6.66. The topological polar surface area (TPSA) is 83.9 Å². The van der Waals surface area contributed by atoms with E-state index >= 15 is 0 Å². The lowest BCUT2D eigenvalue weighted by atomic mass is 10.0. The molecule has 1 aliphatic rings. The molecule has 0 amide bonds. The van der Waals surface area contributed by atoms with Crippen LogP contribution in [0.2, 0.25) is 0 Å². The molecule has 0 unspecified atom stereocenters. The van der Waals surface area contributed by atoms with Gasteiger partial charge in [0.25, 0.3) is 0 Å². The van der Waals surface area contributed by atoms with Gasteiger partial charge in [0.1, 0.15) is 11.3 Å². The second-order valence-corrected chi connectivity index (χ2v) is 7.23. The molecular formula is C15H21NO5S. The number of piperidine rings is 1. The van der Waals surface area contributed by atoms with Gasteiger partial charge in [-0.15, -0.1) is 0 Å². The Labute approximate surface area is 130 Å². The molecule has 2 rings (SSSR count). The Morgan fingerprint density at radius 3 is 2.73 bits per heavy atom. The number of hydrogen-bond donors (Lipinski definition) is 1. The van der Waals surface area contributed by atoms with Crippen LogP contribution in [0.3, 0.4) is 0 Å². The quantitative estimate of drug-likeness (QED) is 0.897. The Bertz CT molecular complexity index is 656. The summed E-state index contributed by atoms with van der Waals surface area (Å²) in [6, 6.07) is 3.95. The van der Waals surface area contributed by atoms with E-state index in [4.69, 9.17) is 4.74 Å². The Balaban J connectivity index is 2.45. The van der Waals surface area contributed by atoms with Gasteiger partial charge in [-0.3, -0.25) is 0 Å². The first-order chi connectivity index (χ1) is 10.4. The molecule has 1 aromatic rings. The Morgan fingerprint density at radius 2 is 2.14 bits per heavy atom. The number of rotatable bonds is 5. The van der Waals surface area contributed by atoms with Gasteiger partial charge >= 0.3 is 5.97 Å². The summed E-state index contributed by atoms with van der Waals surface area (Å²) in [6.07, 6.45) is 3.45. The zero-order valence-electron chi connectivity index (χ0n) is 12.8. The lowest BCUT2D eigenvalue weighted by Gasteiger charge is -2.34. The highest BCUT2D eigenvalue weighted by molar-refractivity contribution is 7.89. The van der Waals surface area contributed by atoms with Gasteiger partial charge < -0.3 is 9.84 Å². The molecule has 0 saturated carbocycles. The Hall–Kier alpha value is -1.60. The third kappa shape index (κ3) is 3.10. The molecule has 0 bridgehead atoms. The largest absolute Gasteiger partial charge is 0.496 e. The number of sulfonamides is 1. The molecule has 1 saturated heterocycles. The summed E-state index contributed by atoms with van der Waals surface area (Å²) in [4.78, 5) is 11.3. The molecule has 6 nitrogen and oxygen atoms in total. The first-order valence-corrected chi connectivity index (χ1v) is 8.79. The first kappa shape index (κ1) is 16.8. The highest BCUT2D eigenvalue weighted by Crippen LogP contribution is 2.29. The number of carbonyl (C=O) groups is 1. The zero-order chi connectivity index (χ0) is 16.3. The van der Waals surface area contributed by atoms with Gasteiger partial charge in [-0.25, -0.2) is 13.2 Å². The summed E-state index contributed by atoms with van der Waals surface area (Å²) in [5.74, 6) is -1.06. The van der Waals surface area contributed by atoms with Crippen molar-refractivity contribution in [2.45, 2.75) is 43.5 Å². The van der Waals surface area contributed by atoms with Gasteiger partial charge in [0.05, 0.1) is 12.0 Å². The van der Waals surface area contributed by atoms with E-state index in [1.807, 2.05) is 6.92 Å². The van der Waals surface area contributed by atoms with Crippen molar-refractivity contribution < 1.29 is 23.1 Å². The fraction of sp³-hybridized carbons (Fsp3) is 0.533. The lowest BCUT2D eigenvalue weighted by molar-refractivity contribution is 0.0693.